The zero-order chi connectivity index (χ0) is 16.2. The topological polar surface area (TPSA) is 37.4 Å². The number of amides is 1. The van der Waals surface area contributed by atoms with Crippen LogP contribution >= 0.6 is 0 Å². The lowest BCUT2D eigenvalue weighted by Crippen LogP contribution is -2.29. The lowest BCUT2D eigenvalue weighted by atomic mass is 9.83. The van der Waals surface area contributed by atoms with Gasteiger partial charge in [0.15, 0.2) is 0 Å². The minimum Gasteiger partial charge on any atom is -0.339 e. The molecule has 0 unspecified atom stereocenters. The molecule has 1 aliphatic carbocycles. The van der Waals surface area contributed by atoms with Crippen LogP contribution in [0, 0.1) is 12.8 Å². The maximum Gasteiger partial charge on any atom is 0.254 e. The van der Waals surface area contributed by atoms with E-state index in [2.05, 4.69) is 0 Å². The van der Waals surface area contributed by atoms with Gasteiger partial charge < -0.3 is 4.90 Å². The molecule has 2 fully saturated rings. The SMILES string of the molecule is Cc1ccc(CC(=O)C2CCCCC2)c(C(=O)N2CCCC2)c1. The van der Waals surface area contributed by atoms with E-state index >= 15 is 0 Å². The molecule has 0 atom stereocenters. The summed E-state index contributed by atoms with van der Waals surface area (Å²) in [5.74, 6) is 0.640. The van der Waals surface area contributed by atoms with E-state index in [1.54, 1.807) is 0 Å². The summed E-state index contributed by atoms with van der Waals surface area (Å²) in [4.78, 5) is 27.3. The summed E-state index contributed by atoms with van der Waals surface area (Å²) in [5.41, 5.74) is 2.75. The lowest BCUT2D eigenvalue weighted by molar-refractivity contribution is -0.123. The standard InChI is InChI=1S/C20H27NO2/c1-15-9-10-17(14-19(22)16-7-3-2-4-8-16)18(13-15)20(23)21-11-5-6-12-21/h9-10,13,16H,2-8,11-12,14H2,1H3. The van der Waals surface area contributed by atoms with Crippen LogP contribution in [0.1, 0.15) is 66.4 Å². The second kappa shape index (κ2) is 7.29. The summed E-state index contributed by atoms with van der Waals surface area (Å²) in [6.45, 7) is 3.71. The van der Waals surface area contributed by atoms with Gasteiger partial charge in [-0.25, -0.2) is 0 Å². The Morgan fingerprint density at radius 2 is 1.74 bits per heavy atom. The number of likely N-dealkylation sites (tertiary alicyclic amines) is 1. The first-order chi connectivity index (χ1) is 11.1. The van der Waals surface area contributed by atoms with Crippen LogP contribution in [0.4, 0.5) is 0 Å². The van der Waals surface area contributed by atoms with Crippen molar-refractivity contribution in [2.45, 2.75) is 58.3 Å². The number of Topliss-reactive ketones (excluding diaryl/α,β-unsaturated/α-hetero) is 1. The molecule has 0 radical (unpaired) electrons. The zero-order valence-corrected chi connectivity index (χ0v) is 14.1. The number of carbonyl (C=O) groups is 2. The van der Waals surface area contributed by atoms with Gasteiger partial charge in [0.1, 0.15) is 5.78 Å². The number of nitrogens with zero attached hydrogens (tertiary/aromatic N) is 1. The molecule has 1 amide bonds. The lowest BCUT2D eigenvalue weighted by Gasteiger charge is -2.22. The van der Waals surface area contributed by atoms with Crippen LogP contribution in [-0.2, 0) is 11.2 Å². The minimum absolute atomic E-state index is 0.109. The summed E-state index contributed by atoms with van der Waals surface area (Å²) in [6.07, 6.45) is 8.25. The van der Waals surface area contributed by atoms with Crippen LogP contribution < -0.4 is 0 Å². The van der Waals surface area contributed by atoms with Crippen LogP contribution in [0.2, 0.25) is 0 Å². The van der Waals surface area contributed by atoms with Crippen LogP contribution in [-0.4, -0.2) is 29.7 Å². The molecule has 0 N–H and O–H groups in total. The Morgan fingerprint density at radius 1 is 1.04 bits per heavy atom. The van der Waals surface area contributed by atoms with Crippen LogP contribution in [0.5, 0.6) is 0 Å². The van der Waals surface area contributed by atoms with E-state index in [0.29, 0.717) is 12.2 Å². The maximum atomic E-state index is 12.8. The summed E-state index contributed by atoms with van der Waals surface area (Å²) < 4.78 is 0. The van der Waals surface area contributed by atoms with Crippen molar-refractivity contribution in [3.8, 4) is 0 Å². The van der Waals surface area contributed by atoms with Crippen LogP contribution in [0.3, 0.4) is 0 Å². The number of hydrogen-bond donors (Lipinski definition) is 0. The van der Waals surface area contributed by atoms with Gasteiger partial charge in [-0.15, -0.1) is 0 Å². The summed E-state index contributed by atoms with van der Waals surface area (Å²) >= 11 is 0. The number of benzene rings is 1. The van der Waals surface area contributed by atoms with Gasteiger partial charge in [0.2, 0.25) is 0 Å². The van der Waals surface area contributed by atoms with Crippen molar-refractivity contribution < 1.29 is 9.59 Å². The Hall–Kier alpha value is -1.64. The summed E-state index contributed by atoms with van der Waals surface area (Å²) in [6, 6.07) is 5.97. The highest BCUT2D eigenvalue weighted by Gasteiger charge is 2.25. The molecule has 0 aromatic heterocycles. The van der Waals surface area contributed by atoms with E-state index in [4.69, 9.17) is 0 Å². The second-order valence-electron chi connectivity index (χ2n) is 7.14. The van der Waals surface area contributed by atoms with E-state index in [1.165, 1.54) is 19.3 Å². The van der Waals surface area contributed by atoms with Gasteiger partial charge in [0.25, 0.3) is 5.91 Å². The monoisotopic (exact) mass is 313 g/mol. The molecule has 3 heteroatoms. The van der Waals surface area contributed by atoms with Crippen molar-refractivity contribution in [3.63, 3.8) is 0 Å². The molecule has 1 aliphatic heterocycles. The molecule has 1 saturated heterocycles. The Kier molecular flexibility index (Phi) is 5.14. The Bertz CT molecular complexity index is 581. The van der Waals surface area contributed by atoms with Crippen molar-refractivity contribution in [1.82, 2.24) is 4.90 Å². The third-order valence-electron chi connectivity index (χ3n) is 5.31. The highest BCUT2D eigenvalue weighted by atomic mass is 16.2. The van der Waals surface area contributed by atoms with Gasteiger partial charge in [-0.3, -0.25) is 9.59 Å². The van der Waals surface area contributed by atoms with Gasteiger partial charge >= 0.3 is 0 Å². The first-order valence-electron chi connectivity index (χ1n) is 9.06. The fraction of sp³-hybridized carbons (Fsp3) is 0.600. The quantitative estimate of drug-likeness (QED) is 0.845. The number of aryl methyl sites for hydroxylation is 1. The third-order valence-corrected chi connectivity index (χ3v) is 5.31. The van der Waals surface area contributed by atoms with Crippen molar-refractivity contribution in [2.75, 3.05) is 13.1 Å². The van der Waals surface area contributed by atoms with E-state index in [-0.39, 0.29) is 11.8 Å². The molecule has 1 aromatic carbocycles. The largest absolute Gasteiger partial charge is 0.339 e. The molecule has 3 rings (SSSR count). The smallest absolute Gasteiger partial charge is 0.254 e. The average Bonchev–Trinajstić information content (AvgIpc) is 3.11. The van der Waals surface area contributed by atoms with Crippen molar-refractivity contribution in [2.24, 2.45) is 5.92 Å². The number of ketones is 1. The molecular weight excluding hydrogens is 286 g/mol. The predicted molar refractivity (Wildman–Crippen MR) is 91.6 cm³/mol. The Labute approximate surface area is 139 Å². The van der Waals surface area contributed by atoms with Gasteiger partial charge in [-0.1, -0.05) is 37.0 Å². The van der Waals surface area contributed by atoms with E-state index in [1.807, 2.05) is 30.0 Å². The van der Waals surface area contributed by atoms with E-state index in [0.717, 1.165) is 55.5 Å². The first-order valence-corrected chi connectivity index (χ1v) is 9.06. The molecular formula is C20H27NO2. The highest BCUT2D eigenvalue weighted by molar-refractivity contribution is 5.97. The molecule has 23 heavy (non-hydrogen) atoms. The van der Waals surface area contributed by atoms with E-state index in [9.17, 15) is 9.59 Å². The molecule has 1 saturated carbocycles. The van der Waals surface area contributed by atoms with Crippen molar-refractivity contribution >= 4 is 11.7 Å². The molecule has 3 nitrogen and oxygen atoms in total. The van der Waals surface area contributed by atoms with Crippen molar-refractivity contribution in [3.05, 3.63) is 34.9 Å². The maximum absolute atomic E-state index is 12.8. The number of carbonyl (C=O) groups excluding carboxylic acids is 2. The Balaban J connectivity index is 1.78. The van der Waals surface area contributed by atoms with Crippen molar-refractivity contribution in [1.29, 1.82) is 0 Å². The number of hydrogen-bond acceptors (Lipinski definition) is 2. The van der Waals surface area contributed by atoms with Crippen LogP contribution in [0.15, 0.2) is 18.2 Å². The predicted octanol–water partition coefficient (Wildman–Crippen LogP) is 3.92. The molecule has 0 bridgehead atoms. The molecule has 0 spiro atoms. The van der Waals surface area contributed by atoms with Gasteiger partial charge in [-0.2, -0.15) is 0 Å². The summed E-state index contributed by atoms with van der Waals surface area (Å²) in [5, 5.41) is 0. The fourth-order valence-electron chi connectivity index (χ4n) is 3.89. The average molecular weight is 313 g/mol. The van der Waals surface area contributed by atoms with Gasteiger partial charge in [0, 0.05) is 31.0 Å². The second-order valence-corrected chi connectivity index (χ2v) is 7.14. The van der Waals surface area contributed by atoms with Gasteiger partial charge in [0.05, 0.1) is 0 Å². The highest BCUT2D eigenvalue weighted by Crippen LogP contribution is 2.26. The van der Waals surface area contributed by atoms with E-state index < -0.39 is 0 Å². The third kappa shape index (κ3) is 3.82. The zero-order valence-electron chi connectivity index (χ0n) is 14.1. The minimum atomic E-state index is 0.109. The molecule has 2 aliphatic rings. The molecule has 1 heterocycles. The Morgan fingerprint density at radius 3 is 2.43 bits per heavy atom. The summed E-state index contributed by atoms with van der Waals surface area (Å²) in [7, 11) is 0. The first kappa shape index (κ1) is 16.2. The number of rotatable bonds is 4. The van der Waals surface area contributed by atoms with Gasteiger partial charge in [-0.05, 0) is 44.2 Å². The van der Waals surface area contributed by atoms with Crippen LogP contribution in [0.25, 0.3) is 0 Å². The normalized spacial score (nSPS) is 19.1. The molecule has 1 aromatic rings. The fourth-order valence-corrected chi connectivity index (χ4v) is 3.89. The molecule has 124 valence electrons.